The third kappa shape index (κ3) is 5.01. The summed E-state index contributed by atoms with van der Waals surface area (Å²) in [5.41, 5.74) is 4.97. The maximum Gasteiger partial charge on any atom is 0.337 e. The van der Waals surface area contributed by atoms with Crippen LogP contribution >= 0.6 is 15.9 Å². The second-order valence-electron chi connectivity index (χ2n) is 10.0. The first-order valence-electron chi connectivity index (χ1n) is 12.8. The highest BCUT2D eigenvalue weighted by Gasteiger charge is 2.41. The summed E-state index contributed by atoms with van der Waals surface area (Å²) >= 11 is 3.51. The van der Waals surface area contributed by atoms with Crippen LogP contribution in [-0.2, 0) is 14.3 Å². The van der Waals surface area contributed by atoms with Crippen molar-refractivity contribution in [2.45, 2.75) is 69.8 Å². The molecule has 1 heterocycles. The smallest absolute Gasteiger partial charge is 0.337 e. The second kappa shape index (κ2) is 10.6. The van der Waals surface area contributed by atoms with Crippen LogP contribution in [0.4, 0.5) is 0 Å². The molecule has 1 fully saturated rings. The summed E-state index contributed by atoms with van der Waals surface area (Å²) in [5, 5.41) is 3.45. The van der Waals surface area contributed by atoms with Crippen molar-refractivity contribution in [1.29, 1.82) is 0 Å². The first-order chi connectivity index (χ1) is 17.4. The summed E-state index contributed by atoms with van der Waals surface area (Å²) in [6, 6.07) is 15.9. The zero-order valence-electron chi connectivity index (χ0n) is 20.8. The van der Waals surface area contributed by atoms with Gasteiger partial charge in [-0.2, -0.15) is 0 Å². The van der Waals surface area contributed by atoms with Crippen molar-refractivity contribution in [3.63, 3.8) is 0 Å². The molecule has 1 N–H and O–H groups in total. The van der Waals surface area contributed by atoms with Gasteiger partial charge in [0.2, 0.25) is 0 Å². The van der Waals surface area contributed by atoms with Gasteiger partial charge in [-0.3, -0.25) is 4.79 Å². The third-order valence-electron chi connectivity index (χ3n) is 7.66. The van der Waals surface area contributed by atoms with Crippen LogP contribution in [-0.4, -0.2) is 25.0 Å². The summed E-state index contributed by atoms with van der Waals surface area (Å²) in [6.07, 6.45) is 6.26. The number of ether oxygens (including phenoxy) is 2. The Kier molecular flexibility index (Phi) is 7.33. The van der Waals surface area contributed by atoms with Crippen molar-refractivity contribution in [2.24, 2.45) is 0 Å². The maximum atomic E-state index is 13.7. The first-order valence-corrected chi connectivity index (χ1v) is 13.6. The molecule has 1 saturated carbocycles. The van der Waals surface area contributed by atoms with Gasteiger partial charge < -0.3 is 14.8 Å². The molecule has 0 bridgehead atoms. The summed E-state index contributed by atoms with van der Waals surface area (Å²) in [5.74, 6) is 0.203. The summed E-state index contributed by atoms with van der Waals surface area (Å²) in [7, 11) is 1.65. The standard InChI is InChI=1S/C30H32BrNO4/c1-18-27(30(34)36-24-6-4-3-5-7-24)28(20-8-12-22(31)13-9-20)29-25(32-18)16-21(17-26(29)33)19-10-14-23(35-2)15-11-19/h8-15,21,24,28,32H,3-7,16-17H2,1-2H3/t21-,28-/m0/s1. The van der Waals surface area contributed by atoms with Crippen LogP contribution in [0.15, 0.2) is 75.5 Å². The van der Waals surface area contributed by atoms with E-state index in [9.17, 15) is 9.59 Å². The Hall–Kier alpha value is -2.86. The van der Waals surface area contributed by atoms with Crippen LogP contribution in [0.5, 0.6) is 5.75 Å². The molecule has 0 amide bonds. The topological polar surface area (TPSA) is 64.6 Å². The number of allylic oxidation sites excluding steroid dienone is 3. The van der Waals surface area contributed by atoms with E-state index in [1.165, 1.54) is 6.42 Å². The van der Waals surface area contributed by atoms with Gasteiger partial charge in [-0.1, -0.05) is 46.6 Å². The molecule has 2 aliphatic carbocycles. The van der Waals surface area contributed by atoms with Gasteiger partial charge in [-0.15, -0.1) is 0 Å². The van der Waals surface area contributed by atoms with Crippen molar-refractivity contribution in [3.8, 4) is 5.75 Å². The van der Waals surface area contributed by atoms with E-state index in [4.69, 9.17) is 9.47 Å². The molecule has 0 aromatic heterocycles. The van der Waals surface area contributed by atoms with Gasteiger partial charge in [0.1, 0.15) is 11.9 Å². The molecule has 5 nitrogen and oxygen atoms in total. The average Bonchev–Trinajstić information content (AvgIpc) is 2.89. The van der Waals surface area contributed by atoms with E-state index in [-0.39, 0.29) is 23.8 Å². The highest BCUT2D eigenvalue weighted by atomic mass is 79.9. The quantitative estimate of drug-likeness (QED) is 0.420. The van der Waals surface area contributed by atoms with Crippen LogP contribution in [0.1, 0.15) is 74.8 Å². The molecule has 5 rings (SSSR count). The van der Waals surface area contributed by atoms with Gasteiger partial charge in [-0.25, -0.2) is 4.79 Å². The number of hydrogen-bond donors (Lipinski definition) is 1. The summed E-state index contributed by atoms with van der Waals surface area (Å²) in [4.78, 5) is 27.3. The van der Waals surface area contributed by atoms with E-state index in [1.807, 2.05) is 55.5 Å². The molecule has 0 saturated heterocycles. The molecular formula is C30H32BrNO4. The Morgan fingerprint density at radius 1 is 0.944 bits per heavy atom. The van der Waals surface area contributed by atoms with Gasteiger partial charge in [-0.05, 0) is 80.3 Å². The van der Waals surface area contributed by atoms with Crippen molar-refractivity contribution < 1.29 is 19.1 Å². The van der Waals surface area contributed by atoms with Crippen molar-refractivity contribution in [3.05, 3.63) is 86.7 Å². The predicted octanol–water partition coefficient (Wildman–Crippen LogP) is 6.70. The lowest BCUT2D eigenvalue weighted by molar-refractivity contribution is -0.146. The highest BCUT2D eigenvalue weighted by molar-refractivity contribution is 9.10. The number of hydrogen-bond acceptors (Lipinski definition) is 5. The fourth-order valence-corrected chi connectivity index (χ4v) is 6.07. The Bertz CT molecular complexity index is 1210. The monoisotopic (exact) mass is 549 g/mol. The molecule has 0 radical (unpaired) electrons. The maximum absolute atomic E-state index is 13.7. The zero-order valence-corrected chi connectivity index (χ0v) is 22.4. The summed E-state index contributed by atoms with van der Waals surface area (Å²) in [6.45, 7) is 1.93. The van der Waals surface area contributed by atoms with Crippen molar-refractivity contribution in [2.75, 3.05) is 7.11 Å². The van der Waals surface area contributed by atoms with Crippen LogP contribution in [0, 0.1) is 0 Å². The minimum absolute atomic E-state index is 0.0472. The van der Waals surface area contributed by atoms with E-state index < -0.39 is 5.92 Å². The van der Waals surface area contributed by atoms with Gasteiger partial charge in [0, 0.05) is 33.8 Å². The number of rotatable bonds is 5. The lowest BCUT2D eigenvalue weighted by atomic mass is 9.71. The minimum Gasteiger partial charge on any atom is -0.497 e. The number of halogens is 1. The van der Waals surface area contributed by atoms with Crippen LogP contribution in [0.25, 0.3) is 0 Å². The number of carbonyl (C=O) groups excluding carboxylic acids is 2. The van der Waals surface area contributed by atoms with E-state index in [0.29, 0.717) is 24.0 Å². The van der Waals surface area contributed by atoms with Crippen LogP contribution in [0.2, 0.25) is 0 Å². The number of methoxy groups -OCH3 is 1. The molecule has 2 atom stereocenters. The second-order valence-corrected chi connectivity index (χ2v) is 10.9. The normalized spacial score (nSPS) is 22.7. The number of esters is 1. The van der Waals surface area contributed by atoms with Crippen molar-refractivity contribution >= 4 is 27.7 Å². The lowest BCUT2D eigenvalue weighted by Crippen LogP contribution is -2.37. The van der Waals surface area contributed by atoms with Crippen LogP contribution < -0.4 is 10.1 Å². The average molecular weight is 550 g/mol. The van der Waals surface area contributed by atoms with Gasteiger partial charge >= 0.3 is 5.97 Å². The molecule has 188 valence electrons. The fourth-order valence-electron chi connectivity index (χ4n) is 5.81. The van der Waals surface area contributed by atoms with E-state index in [1.54, 1.807) is 7.11 Å². The Morgan fingerprint density at radius 3 is 2.28 bits per heavy atom. The Labute approximate surface area is 221 Å². The highest BCUT2D eigenvalue weighted by Crippen LogP contribution is 2.46. The van der Waals surface area contributed by atoms with Gasteiger partial charge in [0.25, 0.3) is 0 Å². The number of benzene rings is 2. The number of dihydropyridines is 1. The minimum atomic E-state index is -0.435. The predicted molar refractivity (Wildman–Crippen MR) is 143 cm³/mol. The van der Waals surface area contributed by atoms with Gasteiger partial charge in [0.15, 0.2) is 5.78 Å². The molecule has 3 aliphatic rings. The SMILES string of the molecule is COc1ccc([C@@H]2CC(=O)C3=C(C2)NC(C)=C(C(=O)OC2CCCCC2)[C@@H]3c2ccc(Br)cc2)cc1. The first kappa shape index (κ1) is 24.8. The molecule has 6 heteroatoms. The van der Waals surface area contributed by atoms with Crippen molar-refractivity contribution in [1.82, 2.24) is 5.32 Å². The number of nitrogens with one attached hydrogen (secondary N) is 1. The van der Waals surface area contributed by atoms with E-state index >= 15 is 0 Å². The Morgan fingerprint density at radius 2 is 1.61 bits per heavy atom. The molecule has 0 spiro atoms. The third-order valence-corrected chi connectivity index (χ3v) is 8.19. The lowest BCUT2D eigenvalue weighted by Gasteiger charge is -2.37. The number of Topliss-reactive ketones (excluding diaryl/α,β-unsaturated/α-hetero) is 1. The van der Waals surface area contributed by atoms with E-state index in [2.05, 4.69) is 21.2 Å². The zero-order chi connectivity index (χ0) is 25.2. The molecule has 0 unspecified atom stereocenters. The molecular weight excluding hydrogens is 518 g/mol. The van der Waals surface area contributed by atoms with Crippen LogP contribution in [0.3, 0.4) is 0 Å². The molecule has 2 aromatic carbocycles. The Balaban J connectivity index is 1.50. The molecule has 36 heavy (non-hydrogen) atoms. The van der Waals surface area contributed by atoms with E-state index in [0.717, 1.165) is 58.4 Å². The number of ketones is 1. The molecule has 1 aliphatic heterocycles. The summed E-state index contributed by atoms with van der Waals surface area (Å²) < 4.78 is 12.3. The number of carbonyl (C=O) groups is 2. The van der Waals surface area contributed by atoms with Gasteiger partial charge in [0.05, 0.1) is 12.7 Å². The molecule has 2 aromatic rings. The largest absolute Gasteiger partial charge is 0.497 e. The fraction of sp³-hybridized carbons (Fsp3) is 0.400.